The molecule has 1 saturated heterocycles. The minimum atomic E-state index is -3.14. The first kappa shape index (κ1) is 18.7. The number of carbonyl (C=O) groups is 2. The largest absolute Gasteiger partial charge is 0.482 e. The van der Waals surface area contributed by atoms with Crippen molar-refractivity contribution in [3.63, 3.8) is 0 Å². The zero-order valence-corrected chi connectivity index (χ0v) is 14.5. The number of amides is 1. The van der Waals surface area contributed by atoms with Gasteiger partial charge in [-0.2, -0.15) is 5.26 Å². The number of ether oxygens (including phenoxy) is 2. The van der Waals surface area contributed by atoms with Gasteiger partial charge in [-0.1, -0.05) is 0 Å². The summed E-state index contributed by atoms with van der Waals surface area (Å²) >= 11 is 0. The fourth-order valence-electron chi connectivity index (χ4n) is 2.44. The molecule has 9 heteroatoms. The second-order valence-corrected chi connectivity index (χ2v) is 8.22. The molecule has 2 rings (SSSR count). The van der Waals surface area contributed by atoms with Crippen LogP contribution in [0, 0.1) is 11.3 Å². The third-order valence-corrected chi connectivity index (χ3v) is 5.55. The van der Waals surface area contributed by atoms with Crippen molar-refractivity contribution in [3.8, 4) is 11.8 Å². The molecule has 0 saturated carbocycles. The molecule has 0 spiro atoms. The topological polar surface area (TPSA) is 123 Å². The van der Waals surface area contributed by atoms with Gasteiger partial charge in [0, 0.05) is 0 Å². The summed E-state index contributed by atoms with van der Waals surface area (Å²) in [4.78, 5) is 23.4. The van der Waals surface area contributed by atoms with Crippen LogP contribution in [-0.2, 0) is 24.2 Å². The Morgan fingerprint density at radius 1 is 1.28 bits per heavy atom. The molecule has 1 aliphatic rings. The average molecular weight is 366 g/mol. The molecule has 25 heavy (non-hydrogen) atoms. The molecule has 0 aromatic heterocycles. The van der Waals surface area contributed by atoms with Gasteiger partial charge in [0.15, 0.2) is 23.1 Å². The Morgan fingerprint density at radius 2 is 1.96 bits per heavy atom. The van der Waals surface area contributed by atoms with Crippen LogP contribution >= 0.6 is 0 Å². The lowest BCUT2D eigenvalue weighted by atomic mass is 10.0. The Hall–Kier alpha value is -2.60. The van der Waals surface area contributed by atoms with Gasteiger partial charge < -0.3 is 14.8 Å². The first-order valence-electron chi connectivity index (χ1n) is 7.51. The maximum atomic E-state index is 11.8. The molecular formula is C16H18N2O6S. The molecule has 8 nitrogen and oxygen atoms in total. The zero-order chi connectivity index (χ0) is 18.5. The van der Waals surface area contributed by atoms with Gasteiger partial charge in [-0.3, -0.25) is 4.79 Å². The number of benzene rings is 1. The van der Waals surface area contributed by atoms with E-state index in [1.165, 1.54) is 0 Å². The van der Waals surface area contributed by atoms with E-state index >= 15 is 0 Å². The second kappa shape index (κ2) is 7.53. The Bertz CT molecular complexity index is 797. The molecule has 0 unspecified atom stereocenters. The van der Waals surface area contributed by atoms with E-state index in [0.717, 1.165) is 0 Å². The summed E-state index contributed by atoms with van der Waals surface area (Å²) in [5.41, 5.74) is -0.365. The quantitative estimate of drug-likeness (QED) is 0.712. The van der Waals surface area contributed by atoms with Gasteiger partial charge in [-0.25, -0.2) is 13.2 Å². The lowest BCUT2D eigenvalue weighted by Crippen LogP contribution is -2.48. The molecule has 1 aromatic carbocycles. The highest BCUT2D eigenvalue weighted by molar-refractivity contribution is 7.91. The van der Waals surface area contributed by atoms with Crippen LogP contribution in [0.3, 0.4) is 0 Å². The lowest BCUT2D eigenvalue weighted by Gasteiger charge is -2.23. The first-order chi connectivity index (χ1) is 11.7. The highest BCUT2D eigenvalue weighted by Gasteiger charge is 2.39. The van der Waals surface area contributed by atoms with E-state index in [1.54, 1.807) is 31.2 Å². The molecule has 1 amide bonds. The molecule has 0 bridgehead atoms. The van der Waals surface area contributed by atoms with Crippen LogP contribution in [0.25, 0.3) is 0 Å². The zero-order valence-electron chi connectivity index (χ0n) is 13.6. The summed E-state index contributed by atoms with van der Waals surface area (Å²) in [5.74, 6) is -0.997. The van der Waals surface area contributed by atoms with Crippen molar-refractivity contribution in [2.75, 3.05) is 24.7 Å². The van der Waals surface area contributed by atoms with E-state index < -0.39 is 33.9 Å². The van der Waals surface area contributed by atoms with Crippen LogP contribution in [0.5, 0.6) is 5.75 Å². The molecule has 134 valence electrons. The normalized spacial score (nSPS) is 21.1. The van der Waals surface area contributed by atoms with E-state index in [-0.39, 0.29) is 18.1 Å². The van der Waals surface area contributed by atoms with Crippen molar-refractivity contribution < 1.29 is 27.5 Å². The molecule has 1 atom stereocenters. The van der Waals surface area contributed by atoms with E-state index in [4.69, 9.17) is 14.7 Å². The van der Waals surface area contributed by atoms with E-state index in [1.807, 2.05) is 6.07 Å². The molecule has 0 radical (unpaired) electrons. The van der Waals surface area contributed by atoms with Crippen molar-refractivity contribution >= 4 is 21.7 Å². The third-order valence-electron chi connectivity index (χ3n) is 3.65. The summed E-state index contributed by atoms with van der Waals surface area (Å²) < 4.78 is 33.0. The molecule has 1 heterocycles. The second-order valence-electron chi connectivity index (χ2n) is 6.04. The van der Waals surface area contributed by atoms with Crippen molar-refractivity contribution in [3.05, 3.63) is 29.8 Å². The van der Waals surface area contributed by atoms with Gasteiger partial charge in [0.05, 0.1) is 28.7 Å². The highest BCUT2D eigenvalue weighted by Crippen LogP contribution is 2.22. The first-order valence-corrected chi connectivity index (χ1v) is 9.34. The number of esters is 1. The average Bonchev–Trinajstić information content (AvgIpc) is 2.84. The third kappa shape index (κ3) is 5.76. The number of carbonyl (C=O) groups excluding carboxylic acids is 2. The Balaban J connectivity index is 1.72. The fraction of sp³-hybridized carbons (Fsp3) is 0.438. The predicted octanol–water partition coefficient (Wildman–Crippen LogP) is 0.174. The van der Waals surface area contributed by atoms with E-state index in [9.17, 15) is 18.0 Å². The number of nitrogens with one attached hydrogen (secondary N) is 1. The van der Waals surface area contributed by atoms with Crippen molar-refractivity contribution in [1.82, 2.24) is 5.32 Å². The van der Waals surface area contributed by atoms with Crippen LogP contribution in [0.4, 0.5) is 0 Å². The maximum Gasteiger partial charge on any atom is 0.344 e. The van der Waals surface area contributed by atoms with E-state index in [0.29, 0.717) is 17.7 Å². The number of hydrogen-bond acceptors (Lipinski definition) is 7. The molecular weight excluding hydrogens is 348 g/mol. The number of rotatable bonds is 6. The Morgan fingerprint density at radius 3 is 2.52 bits per heavy atom. The van der Waals surface area contributed by atoms with E-state index in [2.05, 4.69) is 5.32 Å². The summed E-state index contributed by atoms with van der Waals surface area (Å²) in [7, 11) is -3.14. The van der Waals surface area contributed by atoms with Crippen molar-refractivity contribution in [1.29, 1.82) is 5.26 Å². The summed E-state index contributed by atoms with van der Waals surface area (Å²) in [6, 6.07) is 8.14. The monoisotopic (exact) mass is 366 g/mol. The van der Waals surface area contributed by atoms with Crippen LogP contribution in [-0.4, -0.2) is 50.6 Å². The molecule has 1 N–H and O–H groups in total. The van der Waals surface area contributed by atoms with Gasteiger partial charge in [0.25, 0.3) is 5.91 Å². The van der Waals surface area contributed by atoms with Gasteiger partial charge in [0.1, 0.15) is 5.75 Å². The van der Waals surface area contributed by atoms with Gasteiger partial charge in [-0.15, -0.1) is 0 Å². The van der Waals surface area contributed by atoms with Crippen molar-refractivity contribution in [2.24, 2.45) is 0 Å². The van der Waals surface area contributed by atoms with Crippen LogP contribution in [0.2, 0.25) is 0 Å². The smallest absolute Gasteiger partial charge is 0.344 e. The summed E-state index contributed by atoms with van der Waals surface area (Å²) in [5, 5.41) is 11.3. The highest BCUT2D eigenvalue weighted by atomic mass is 32.2. The molecule has 1 aliphatic heterocycles. The van der Waals surface area contributed by atoms with Gasteiger partial charge in [-0.05, 0) is 37.6 Å². The van der Waals surface area contributed by atoms with Crippen LogP contribution in [0.1, 0.15) is 18.9 Å². The van der Waals surface area contributed by atoms with Crippen LogP contribution in [0.15, 0.2) is 24.3 Å². The minimum Gasteiger partial charge on any atom is -0.482 e. The van der Waals surface area contributed by atoms with Gasteiger partial charge in [0.2, 0.25) is 0 Å². The number of hydrogen-bond donors (Lipinski definition) is 1. The molecule has 1 aromatic rings. The Kier molecular flexibility index (Phi) is 5.64. The fourth-order valence-corrected chi connectivity index (χ4v) is 4.53. The van der Waals surface area contributed by atoms with Crippen molar-refractivity contribution in [2.45, 2.75) is 18.9 Å². The Labute approximate surface area is 145 Å². The predicted molar refractivity (Wildman–Crippen MR) is 87.4 cm³/mol. The maximum absolute atomic E-state index is 11.8. The SMILES string of the molecule is C[C@]1(NC(=O)COC(=O)COc2ccc(C#N)cc2)CCS(=O)(=O)C1. The number of nitriles is 1. The molecule has 1 fully saturated rings. The van der Waals surface area contributed by atoms with Gasteiger partial charge >= 0.3 is 5.97 Å². The summed E-state index contributed by atoms with van der Waals surface area (Å²) in [6.07, 6.45) is 0.330. The standard InChI is InChI=1S/C16H18N2O6S/c1-16(6-7-25(21,22)11-16)18-14(19)9-24-15(20)10-23-13-4-2-12(8-17)3-5-13/h2-5H,6-7,9-11H2,1H3,(H,18,19)/t16-/m0/s1. The summed E-state index contributed by atoms with van der Waals surface area (Å²) in [6.45, 7) is 0.751. The lowest BCUT2D eigenvalue weighted by molar-refractivity contribution is -0.150. The number of sulfone groups is 1. The van der Waals surface area contributed by atoms with Crippen LogP contribution < -0.4 is 10.1 Å². The molecule has 0 aliphatic carbocycles. The number of nitrogens with zero attached hydrogens (tertiary/aromatic N) is 1. The minimum absolute atomic E-state index is 0.0298.